The van der Waals surface area contributed by atoms with Gasteiger partial charge in [0.15, 0.2) is 0 Å². The molecule has 0 aliphatic carbocycles. The molecule has 0 spiro atoms. The molecule has 2 amide bonds. The number of hydrogen-bond donors (Lipinski definition) is 3. The van der Waals surface area contributed by atoms with Crippen molar-refractivity contribution in [1.82, 2.24) is 16.0 Å². The van der Waals surface area contributed by atoms with Crippen molar-refractivity contribution < 1.29 is 14.3 Å². The molecule has 2 aliphatic heterocycles. The summed E-state index contributed by atoms with van der Waals surface area (Å²) in [6.07, 6.45) is 0.925. The van der Waals surface area contributed by atoms with Gasteiger partial charge in [-0.3, -0.25) is 14.9 Å². The molecule has 2 fully saturated rings. The SMILES string of the molecule is CC1OCCC1NC(=O)C1CNC(=O)CN1. The Morgan fingerprint density at radius 2 is 2.38 bits per heavy atom. The first-order chi connectivity index (χ1) is 7.66. The fourth-order valence-electron chi connectivity index (χ4n) is 1.96. The van der Waals surface area contributed by atoms with E-state index in [1.807, 2.05) is 6.92 Å². The number of hydrogen-bond acceptors (Lipinski definition) is 4. The molecule has 2 saturated heterocycles. The van der Waals surface area contributed by atoms with E-state index in [-0.39, 0.29) is 36.5 Å². The minimum absolute atomic E-state index is 0.0673. The number of carbonyl (C=O) groups excluding carboxylic acids is 2. The summed E-state index contributed by atoms with van der Waals surface area (Å²) in [4.78, 5) is 22.7. The van der Waals surface area contributed by atoms with E-state index in [4.69, 9.17) is 4.74 Å². The lowest BCUT2D eigenvalue weighted by Crippen LogP contribution is -2.59. The van der Waals surface area contributed by atoms with Crippen molar-refractivity contribution in [3.8, 4) is 0 Å². The third-order valence-electron chi connectivity index (χ3n) is 3.03. The summed E-state index contributed by atoms with van der Waals surface area (Å²) in [6, 6.07) is -0.238. The largest absolute Gasteiger partial charge is 0.376 e. The van der Waals surface area contributed by atoms with Gasteiger partial charge in [-0.2, -0.15) is 0 Å². The fraction of sp³-hybridized carbons (Fsp3) is 0.800. The van der Waals surface area contributed by atoms with Crippen molar-refractivity contribution in [2.24, 2.45) is 0 Å². The summed E-state index contributed by atoms with van der Waals surface area (Å²) < 4.78 is 5.37. The number of rotatable bonds is 2. The molecular weight excluding hydrogens is 210 g/mol. The van der Waals surface area contributed by atoms with Crippen molar-refractivity contribution in [2.75, 3.05) is 19.7 Å². The van der Waals surface area contributed by atoms with Gasteiger partial charge in [0.2, 0.25) is 11.8 Å². The second-order valence-electron chi connectivity index (χ2n) is 4.22. The summed E-state index contributed by atoms with van der Waals surface area (Å²) >= 11 is 0. The van der Waals surface area contributed by atoms with Crippen LogP contribution in [0.2, 0.25) is 0 Å². The molecular formula is C10H17N3O3. The van der Waals surface area contributed by atoms with Gasteiger partial charge in [0.25, 0.3) is 0 Å². The van der Waals surface area contributed by atoms with Gasteiger partial charge < -0.3 is 15.4 Å². The lowest BCUT2D eigenvalue weighted by atomic mass is 10.1. The van der Waals surface area contributed by atoms with Crippen LogP contribution in [0.4, 0.5) is 0 Å². The molecule has 0 aromatic rings. The van der Waals surface area contributed by atoms with E-state index in [1.165, 1.54) is 0 Å². The summed E-state index contributed by atoms with van der Waals surface area (Å²) in [5.41, 5.74) is 0. The highest BCUT2D eigenvalue weighted by Gasteiger charge is 2.30. The average Bonchev–Trinajstić information content (AvgIpc) is 2.65. The summed E-state index contributed by atoms with van der Waals surface area (Å²) in [5.74, 6) is -0.135. The Kier molecular flexibility index (Phi) is 3.40. The number of carbonyl (C=O) groups is 2. The normalized spacial score (nSPS) is 34.6. The predicted molar refractivity (Wildman–Crippen MR) is 56.8 cm³/mol. The van der Waals surface area contributed by atoms with Crippen LogP contribution in [-0.4, -0.2) is 49.7 Å². The van der Waals surface area contributed by atoms with Crippen molar-refractivity contribution in [2.45, 2.75) is 31.5 Å². The van der Waals surface area contributed by atoms with Crippen LogP contribution in [-0.2, 0) is 14.3 Å². The monoisotopic (exact) mass is 227 g/mol. The molecule has 0 saturated carbocycles. The van der Waals surface area contributed by atoms with Crippen molar-refractivity contribution in [3.63, 3.8) is 0 Å². The minimum atomic E-state index is -0.328. The van der Waals surface area contributed by atoms with Crippen LogP contribution in [0.15, 0.2) is 0 Å². The van der Waals surface area contributed by atoms with Gasteiger partial charge >= 0.3 is 0 Å². The van der Waals surface area contributed by atoms with E-state index in [1.54, 1.807) is 0 Å². The second-order valence-corrected chi connectivity index (χ2v) is 4.22. The maximum absolute atomic E-state index is 11.8. The van der Waals surface area contributed by atoms with E-state index < -0.39 is 0 Å². The van der Waals surface area contributed by atoms with Gasteiger partial charge in [-0.25, -0.2) is 0 Å². The van der Waals surface area contributed by atoms with E-state index in [0.717, 1.165) is 6.42 Å². The number of piperazine rings is 1. The van der Waals surface area contributed by atoms with Gasteiger partial charge in [-0.05, 0) is 13.3 Å². The molecule has 0 aromatic carbocycles. The van der Waals surface area contributed by atoms with Crippen LogP contribution in [0.1, 0.15) is 13.3 Å². The summed E-state index contributed by atoms with van der Waals surface area (Å²) in [6.45, 7) is 3.20. The molecule has 2 aliphatic rings. The van der Waals surface area contributed by atoms with E-state index >= 15 is 0 Å². The van der Waals surface area contributed by atoms with Gasteiger partial charge in [0.05, 0.1) is 18.7 Å². The Hall–Kier alpha value is -1.14. The Morgan fingerprint density at radius 3 is 2.94 bits per heavy atom. The van der Waals surface area contributed by atoms with Crippen LogP contribution in [0.5, 0.6) is 0 Å². The molecule has 3 unspecified atom stereocenters. The maximum Gasteiger partial charge on any atom is 0.239 e. The molecule has 6 heteroatoms. The lowest BCUT2D eigenvalue weighted by molar-refractivity contribution is -0.127. The highest BCUT2D eigenvalue weighted by molar-refractivity contribution is 5.86. The highest BCUT2D eigenvalue weighted by Crippen LogP contribution is 2.12. The molecule has 90 valence electrons. The first kappa shape index (κ1) is 11.3. The Bertz CT molecular complexity index is 285. The highest BCUT2D eigenvalue weighted by atomic mass is 16.5. The Labute approximate surface area is 94.1 Å². The molecule has 16 heavy (non-hydrogen) atoms. The summed E-state index contributed by atoms with van der Waals surface area (Å²) in [5, 5.41) is 8.48. The van der Waals surface area contributed by atoms with Crippen molar-refractivity contribution in [3.05, 3.63) is 0 Å². The third-order valence-corrected chi connectivity index (χ3v) is 3.03. The minimum Gasteiger partial charge on any atom is -0.376 e. The summed E-state index contributed by atoms with van der Waals surface area (Å²) in [7, 11) is 0. The van der Waals surface area contributed by atoms with E-state index in [2.05, 4.69) is 16.0 Å². The molecule has 0 radical (unpaired) electrons. The maximum atomic E-state index is 11.8. The lowest BCUT2D eigenvalue weighted by Gasteiger charge is -2.25. The molecule has 3 N–H and O–H groups in total. The zero-order chi connectivity index (χ0) is 11.5. The molecule has 3 atom stereocenters. The molecule has 0 bridgehead atoms. The van der Waals surface area contributed by atoms with Crippen LogP contribution in [0.25, 0.3) is 0 Å². The molecule has 2 rings (SSSR count). The Morgan fingerprint density at radius 1 is 1.56 bits per heavy atom. The predicted octanol–water partition coefficient (Wildman–Crippen LogP) is -1.63. The van der Waals surface area contributed by atoms with Gasteiger partial charge in [0.1, 0.15) is 6.04 Å². The van der Waals surface area contributed by atoms with E-state index in [0.29, 0.717) is 13.2 Å². The molecule has 0 aromatic heterocycles. The number of nitrogens with one attached hydrogen (secondary N) is 3. The zero-order valence-electron chi connectivity index (χ0n) is 9.29. The van der Waals surface area contributed by atoms with Crippen LogP contribution in [0, 0.1) is 0 Å². The quantitative estimate of drug-likeness (QED) is 0.529. The van der Waals surface area contributed by atoms with Gasteiger partial charge in [0, 0.05) is 13.2 Å². The van der Waals surface area contributed by atoms with E-state index in [9.17, 15) is 9.59 Å². The third kappa shape index (κ3) is 2.51. The van der Waals surface area contributed by atoms with Crippen LogP contribution < -0.4 is 16.0 Å². The first-order valence-corrected chi connectivity index (χ1v) is 5.59. The van der Waals surface area contributed by atoms with Crippen molar-refractivity contribution >= 4 is 11.8 Å². The average molecular weight is 227 g/mol. The second kappa shape index (κ2) is 4.80. The van der Waals surface area contributed by atoms with Gasteiger partial charge in [-0.1, -0.05) is 0 Å². The molecule has 6 nitrogen and oxygen atoms in total. The van der Waals surface area contributed by atoms with Crippen LogP contribution >= 0.6 is 0 Å². The fourth-order valence-corrected chi connectivity index (χ4v) is 1.96. The van der Waals surface area contributed by atoms with Crippen LogP contribution in [0.3, 0.4) is 0 Å². The zero-order valence-corrected chi connectivity index (χ0v) is 9.29. The number of ether oxygens (including phenoxy) is 1. The standard InChI is InChI=1S/C10H17N3O3/c1-6-7(2-3-16-6)13-10(15)8-4-12-9(14)5-11-8/h6-8,11H,2-5H2,1H3,(H,12,14)(H,13,15). The number of amides is 2. The smallest absolute Gasteiger partial charge is 0.239 e. The Balaban J connectivity index is 1.81. The van der Waals surface area contributed by atoms with Crippen molar-refractivity contribution in [1.29, 1.82) is 0 Å². The first-order valence-electron chi connectivity index (χ1n) is 5.59. The topological polar surface area (TPSA) is 79.5 Å². The van der Waals surface area contributed by atoms with Gasteiger partial charge in [-0.15, -0.1) is 0 Å². The molecule has 2 heterocycles.